The van der Waals surface area contributed by atoms with Gasteiger partial charge in [-0.3, -0.25) is 19.6 Å². The van der Waals surface area contributed by atoms with Crippen LogP contribution in [0.2, 0.25) is 0 Å². The third-order valence-corrected chi connectivity index (χ3v) is 6.58. The zero-order valence-electron chi connectivity index (χ0n) is 18.1. The first kappa shape index (κ1) is 20.8. The quantitative estimate of drug-likeness (QED) is 0.515. The lowest BCUT2D eigenvalue weighted by molar-refractivity contribution is -0.126. The number of pyridine rings is 2. The van der Waals surface area contributed by atoms with E-state index in [-0.39, 0.29) is 11.8 Å². The predicted octanol–water partition coefficient (Wildman–Crippen LogP) is 3.86. The van der Waals surface area contributed by atoms with Crippen LogP contribution in [0.1, 0.15) is 22.3 Å². The summed E-state index contributed by atoms with van der Waals surface area (Å²) in [7, 11) is 0. The van der Waals surface area contributed by atoms with Gasteiger partial charge in [-0.1, -0.05) is 36.4 Å². The highest BCUT2D eigenvalue weighted by molar-refractivity contribution is 6.06. The molecule has 0 bridgehead atoms. The molecule has 3 heterocycles. The SMILES string of the molecule is NC(=O)[C@]1(Cc2ccccc2-c2ccncc2)CCN(C(=O)c2cccc3ncccc23)C1. The van der Waals surface area contributed by atoms with Gasteiger partial charge in [0.1, 0.15) is 0 Å². The molecule has 2 aromatic carbocycles. The number of fused-ring (bicyclic) bond motifs is 1. The van der Waals surface area contributed by atoms with Gasteiger partial charge >= 0.3 is 0 Å². The van der Waals surface area contributed by atoms with E-state index in [9.17, 15) is 9.59 Å². The second-order valence-electron chi connectivity index (χ2n) is 8.57. The standard InChI is InChI=1S/C27H24N4O2/c28-26(33)27(17-20-5-1-2-6-21(20)19-10-14-29-15-11-19)12-16-31(18-27)25(32)23-7-3-9-24-22(23)8-4-13-30-24/h1-11,13-15H,12,16-18H2,(H2,28,33)/t27-/m0/s1. The van der Waals surface area contributed by atoms with Gasteiger partial charge in [0.2, 0.25) is 5.91 Å². The zero-order valence-corrected chi connectivity index (χ0v) is 18.1. The lowest BCUT2D eigenvalue weighted by Crippen LogP contribution is -2.42. The van der Waals surface area contributed by atoms with Crippen LogP contribution in [-0.4, -0.2) is 39.8 Å². The Labute approximate surface area is 192 Å². The molecule has 1 fully saturated rings. The van der Waals surface area contributed by atoms with Crippen molar-refractivity contribution in [2.75, 3.05) is 13.1 Å². The normalized spacial score (nSPS) is 17.9. The van der Waals surface area contributed by atoms with Gasteiger partial charge in [0.15, 0.2) is 0 Å². The first-order valence-corrected chi connectivity index (χ1v) is 11.0. The summed E-state index contributed by atoms with van der Waals surface area (Å²) in [6.45, 7) is 0.776. The van der Waals surface area contributed by atoms with Crippen molar-refractivity contribution in [1.29, 1.82) is 0 Å². The van der Waals surface area contributed by atoms with E-state index in [0.29, 0.717) is 31.5 Å². The molecule has 0 radical (unpaired) electrons. The molecule has 6 nitrogen and oxygen atoms in total. The summed E-state index contributed by atoms with van der Waals surface area (Å²) in [5, 5.41) is 0.810. The molecule has 1 saturated heterocycles. The fourth-order valence-electron chi connectivity index (χ4n) is 4.79. The average Bonchev–Trinajstić information content (AvgIpc) is 3.30. The van der Waals surface area contributed by atoms with E-state index in [0.717, 1.165) is 27.6 Å². The van der Waals surface area contributed by atoms with Gasteiger partial charge in [-0.05, 0) is 59.9 Å². The minimum atomic E-state index is -0.818. The molecule has 2 amide bonds. The van der Waals surface area contributed by atoms with E-state index in [1.165, 1.54) is 0 Å². The smallest absolute Gasteiger partial charge is 0.254 e. The van der Waals surface area contributed by atoms with E-state index < -0.39 is 5.41 Å². The number of rotatable bonds is 5. The molecule has 2 N–H and O–H groups in total. The number of hydrogen-bond donors (Lipinski definition) is 1. The molecule has 1 aliphatic heterocycles. The predicted molar refractivity (Wildman–Crippen MR) is 127 cm³/mol. The Morgan fingerprint density at radius 2 is 1.76 bits per heavy atom. The van der Waals surface area contributed by atoms with Gasteiger partial charge < -0.3 is 10.6 Å². The third kappa shape index (κ3) is 3.84. The minimum Gasteiger partial charge on any atom is -0.369 e. The number of nitrogens with zero attached hydrogens (tertiary/aromatic N) is 3. The number of benzene rings is 2. The highest BCUT2D eigenvalue weighted by Crippen LogP contribution is 2.38. The molecule has 4 aromatic rings. The fraction of sp³-hybridized carbons (Fsp3) is 0.185. The molecule has 6 heteroatoms. The van der Waals surface area contributed by atoms with E-state index in [4.69, 9.17) is 5.73 Å². The van der Waals surface area contributed by atoms with Crippen LogP contribution in [0.15, 0.2) is 85.3 Å². The van der Waals surface area contributed by atoms with Crippen molar-refractivity contribution in [3.05, 3.63) is 96.4 Å². The van der Waals surface area contributed by atoms with E-state index in [1.54, 1.807) is 23.5 Å². The van der Waals surface area contributed by atoms with Gasteiger partial charge in [-0.25, -0.2) is 0 Å². The van der Waals surface area contributed by atoms with Crippen LogP contribution < -0.4 is 5.73 Å². The van der Waals surface area contributed by atoms with Crippen molar-refractivity contribution in [1.82, 2.24) is 14.9 Å². The maximum absolute atomic E-state index is 13.5. The van der Waals surface area contributed by atoms with E-state index in [1.807, 2.05) is 66.7 Å². The largest absolute Gasteiger partial charge is 0.369 e. The molecule has 0 spiro atoms. The minimum absolute atomic E-state index is 0.0980. The van der Waals surface area contributed by atoms with Crippen LogP contribution in [-0.2, 0) is 11.2 Å². The fourth-order valence-corrected chi connectivity index (χ4v) is 4.79. The van der Waals surface area contributed by atoms with Gasteiger partial charge in [0, 0.05) is 42.6 Å². The van der Waals surface area contributed by atoms with Crippen LogP contribution in [0.5, 0.6) is 0 Å². The summed E-state index contributed by atoms with van der Waals surface area (Å²) in [4.78, 5) is 36.4. The van der Waals surface area contributed by atoms with Crippen LogP contribution in [0, 0.1) is 5.41 Å². The second-order valence-corrected chi connectivity index (χ2v) is 8.57. The number of hydrogen-bond acceptors (Lipinski definition) is 4. The highest BCUT2D eigenvalue weighted by atomic mass is 16.2. The Bertz CT molecular complexity index is 1330. The first-order valence-electron chi connectivity index (χ1n) is 11.0. The third-order valence-electron chi connectivity index (χ3n) is 6.58. The zero-order chi connectivity index (χ0) is 22.8. The number of primary amides is 1. The Morgan fingerprint density at radius 1 is 0.939 bits per heavy atom. The summed E-state index contributed by atoms with van der Waals surface area (Å²) < 4.78 is 0. The Morgan fingerprint density at radius 3 is 2.58 bits per heavy atom. The van der Waals surface area contributed by atoms with Gasteiger partial charge in [-0.2, -0.15) is 0 Å². The molecule has 5 rings (SSSR count). The molecule has 0 unspecified atom stereocenters. The first-order chi connectivity index (χ1) is 16.1. The van der Waals surface area contributed by atoms with Gasteiger partial charge in [0.05, 0.1) is 10.9 Å². The van der Waals surface area contributed by atoms with Crippen LogP contribution >= 0.6 is 0 Å². The molecule has 1 atom stereocenters. The van der Waals surface area contributed by atoms with Crippen molar-refractivity contribution >= 4 is 22.7 Å². The van der Waals surface area contributed by atoms with Crippen LogP contribution in [0.3, 0.4) is 0 Å². The van der Waals surface area contributed by atoms with Crippen molar-refractivity contribution in [2.45, 2.75) is 12.8 Å². The number of amides is 2. The van der Waals surface area contributed by atoms with Crippen molar-refractivity contribution < 1.29 is 9.59 Å². The number of carbonyl (C=O) groups is 2. The lowest BCUT2D eigenvalue weighted by atomic mass is 9.78. The summed E-state index contributed by atoms with van der Waals surface area (Å²) >= 11 is 0. The number of likely N-dealkylation sites (tertiary alicyclic amines) is 1. The topological polar surface area (TPSA) is 89.2 Å². The maximum atomic E-state index is 13.5. The lowest BCUT2D eigenvalue weighted by Gasteiger charge is -2.27. The van der Waals surface area contributed by atoms with E-state index in [2.05, 4.69) is 9.97 Å². The molecular formula is C27H24N4O2. The molecule has 164 valence electrons. The molecule has 33 heavy (non-hydrogen) atoms. The highest BCUT2D eigenvalue weighted by Gasteiger charge is 2.45. The number of carbonyl (C=O) groups excluding carboxylic acids is 2. The van der Waals surface area contributed by atoms with Gasteiger partial charge in [-0.15, -0.1) is 0 Å². The number of nitrogens with two attached hydrogens (primary N) is 1. The average molecular weight is 437 g/mol. The molecule has 2 aromatic heterocycles. The molecule has 0 saturated carbocycles. The Kier molecular flexibility index (Phi) is 5.34. The molecule has 0 aliphatic carbocycles. The summed E-state index contributed by atoms with van der Waals surface area (Å²) in [5.74, 6) is -0.471. The van der Waals surface area contributed by atoms with Crippen LogP contribution in [0.4, 0.5) is 0 Å². The van der Waals surface area contributed by atoms with Crippen molar-refractivity contribution in [3.63, 3.8) is 0 Å². The van der Waals surface area contributed by atoms with E-state index >= 15 is 0 Å². The summed E-state index contributed by atoms with van der Waals surface area (Å²) in [6, 6.07) is 21.2. The Hall–Kier alpha value is -4.06. The van der Waals surface area contributed by atoms with Crippen LogP contribution in [0.25, 0.3) is 22.0 Å². The Balaban J connectivity index is 1.45. The maximum Gasteiger partial charge on any atom is 0.254 e. The number of aromatic nitrogens is 2. The summed E-state index contributed by atoms with van der Waals surface area (Å²) in [6.07, 6.45) is 6.23. The van der Waals surface area contributed by atoms with Crippen molar-refractivity contribution in [3.8, 4) is 11.1 Å². The monoisotopic (exact) mass is 436 g/mol. The molecule has 1 aliphatic rings. The van der Waals surface area contributed by atoms with Gasteiger partial charge in [0.25, 0.3) is 5.91 Å². The summed E-state index contributed by atoms with van der Waals surface area (Å²) in [5.41, 5.74) is 9.63. The molecular weight excluding hydrogens is 412 g/mol. The van der Waals surface area contributed by atoms with Crippen molar-refractivity contribution in [2.24, 2.45) is 11.1 Å². The second kappa shape index (κ2) is 8.47.